The summed E-state index contributed by atoms with van der Waals surface area (Å²) in [6.45, 7) is 31.9. The molecule has 0 aliphatic carbocycles. The number of rotatable bonds is 15. The van der Waals surface area contributed by atoms with Crippen LogP contribution < -0.4 is 31.8 Å². The molecule has 6 fully saturated rings. The molecule has 122 heavy (non-hydrogen) atoms. The second-order valence-electron chi connectivity index (χ2n) is 33.6. The third-order valence-electron chi connectivity index (χ3n) is 26.1. The van der Waals surface area contributed by atoms with Crippen LogP contribution in [0.1, 0.15) is 54.1 Å². The van der Waals surface area contributed by atoms with Crippen LogP contribution in [0.3, 0.4) is 0 Å². The van der Waals surface area contributed by atoms with E-state index in [4.69, 9.17) is 9.97 Å². The minimum absolute atomic E-state index is 0.0550. The molecule has 0 radical (unpaired) electrons. The van der Waals surface area contributed by atoms with Gasteiger partial charge >= 0.3 is 17.1 Å². The average Bonchev–Trinajstić information content (AvgIpc) is 1.09. The van der Waals surface area contributed by atoms with E-state index in [0.29, 0.717) is 110 Å². The van der Waals surface area contributed by atoms with E-state index in [1.54, 1.807) is 26.5 Å². The first kappa shape index (κ1) is 80.7. The molecule has 0 bridgehead atoms. The Bertz CT molecular complexity index is 6470. The van der Waals surface area contributed by atoms with E-state index < -0.39 is 6.17 Å². The highest BCUT2D eigenvalue weighted by molar-refractivity contribution is 8.00. The molecule has 3 atom stereocenters. The van der Waals surface area contributed by atoms with Crippen LogP contribution in [0.15, 0.2) is 158 Å². The summed E-state index contributed by atoms with van der Waals surface area (Å²) >= 11 is 5.50. The van der Waals surface area contributed by atoms with Crippen LogP contribution in [0, 0.1) is 20.8 Å². The summed E-state index contributed by atoms with van der Waals surface area (Å²) in [7, 11) is 5.93. The number of fused-ring (bicyclic) bond motifs is 3. The number of alkyl halides is 1. The Labute approximate surface area is 718 Å². The molecule has 0 N–H and O–H groups in total. The smallest absolute Gasteiger partial charge is 0.350 e. The van der Waals surface area contributed by atoms with Crippen LogP contribution in [0.2, 0.25) is 0 Å². The number of carbonyl (C=O) groups is 3. The molecule has 6 aromatic heterocycles. The lowest BCUT2D eigenvalue weighted by Crippen LogP contribution is -2.52. The summed E-state index contributed by atoms with van der Waals surface area (Å²) in [4.78, 5) is 115. The number of likely N-dealkylation sites (tertiary alicyclic amines) is 3. The van der Waals surface area contributed by atoms with Gasteiger partial charge in [0.05, 0.1) is 69.8 Å². The van der Waals surface area contributed by atoms with Gasteiger partial charge in [0.25, 0.3) is 0 Å². The molecular formula is C91H100FN21O6S3. The number of hydrogen-bond donors (Lipinski definition) is 0. The topological polar surface area (TPSA) is 239 Å². The highest BCUT2D eigenvalue weighted by atomic mass is 32.2. The highest BCUT2D eigenvalue weighted by Crippen LogP contribution is 2.52. The minimum Gasteiger partial charge on any atom is -0.352 e. The van der Waals surface area contributed by atoms with Crippen molar-refractivity contribution in [2.45, 2.75) is 79.0 Å². The fraction of sp³-hybridized carbons (Fsp3) is 0.407. The zero-order valence-electron chi connectivity index (χ0n) is 69.9. The Morgan fingerprint density at radius 1 is 0.410 bits per heavy atom. The predicted molar refractivity (Wildman–Crippen MR) is 486 cm³/mol. The minimum atomic E-state index is -0.795. The monoisotopic (exact) mass is 1700 g/mol. The lowest BCUT2D eigenvalue weighted by Gasteiger charge is -2.40. The van der Waals surface area contributed by atoms with Gasteiger partial charge in [0.2, 0.25) is 17.7 Å². The molecule has 21 rings (SSSR count). The first-order valence-corrected chi connectivity index (χ1v) is 45.4. The van der Waals surface area contributed by atoms with Crippen molar-refractivity contribution in [3.05, 3.63) is 177 Å². The maximum Gasteiger partial charge on any atom is 0.350 e. The van der Waals surface area contributed by atoms with Crippen molar-refractivity contribution in [2.24, 2.45) is 21.1 Å². The van der Waals surface area contributed by atoms with E-state index in [-0.39, 0.29) is 52.9 Å². The molecule has 9 aliphatic heterocycles. The fourth-order valence-corrected chi connectivity index (χ4v) is 24.1. The molecule has 6 saturated heterocycles. The lowest BCUT2D eigenvalue weighted by molar-refractivity contribution is -0.127. The fourth-order valence-electron chi connectivity index (χ4n) is 20.0. The Kier molecular flexibility index (Phi) is 21.9. The number of piperazine rings is 3. The Morgan fingerprint density at radius 3 is 0.984 bits per heavy atom. The molecule has 12 aromatic rings. The van der Waals surface area contributed by atoms with Crippen LogP contribution in [-0.2, 0) is 35.5 Å². The molecule has 9 aliphatic rings. The molecule has 0 saturated carbocycles. The van der Waals surface area contributed by atoms with Crippen LogP contribution in [0.5, 0.6) is 0 Å². The second-order valence-corrected chi connectivity index (χ2v) is 36.7. The predicted octanol–water partition coefficient (Wildman–Crippen LogP) is 10.7. The first-order valence-electron chi connectivity index (χ1n) is 42.4. The van der Waals surface area contributed by atoms with Crippen molar-refractivity contribution in [2.75, 3.05) is 169 Å². The number of aromatic nitrogens is 12. The zero-order valence-corrected chi connectivity index (χ0v) is 72.3. The van der Waals surface area contributed by atoms with Gasteiger partial charge in [0.1, 0.15) is 23.6 Å². The van der Waals surface area contributed by atoms with Crippen LogP contribution >= 0.6 is 35.3 Å². The summed E-state index contributed by atoms with van der Waals surface area (Å²) in [5.41, 5.74) is 15.7. The molecule has 6 aromatic carbocycles. The standard InChI is InChI=1S/C31H35N7O2S.C30H32FN7O2S.C30H33N7O2S/c1-4-25(39)36-12-14-37(15-13-36)30-24-16-20(2)26(23-9-7-8-21-17-32-34(3)27(21)23)29-28(24)38(31(40)33-30)22(19-41-29)18-35-10-5-6-11-35;1-4-24(39)36-8-10-37(11-9-36)29-23-12-18(2)25(22-7-5-6-19-13-32-34(3)26(19)22)28-27(23)38(30(40)33-29)21(17-41-28)16-35-14-20(31)15-35;1-4-24(38)35-11-13-36(14-12-35)29-23-15-19(2)25(22-8-5-7-20-16-31-33(3)26(20)22)28-27(23)37(30(39)32-29)21(18-40-28)17-34-9-6-10-34/h4,7-9,16-17,22H,1,5-6,10-15,18-19H2,2-3H3;4-7,12-13,20-21H,1,8-11,14-17H2,2-3H3;4-5,7-8,15-16,21H,1,6,9-14,17-18H2,2-3H3. The van der Waals surface area contributed by atoms with Crippen molar-refractivity contribution >= 4 is 136 Å². The molecule has 3 amide bonds. The number of amides is 3. The van der Waals surface area contributed by atoms with Crippen LogP contribution in [-0.4, -0.2) is 266 Å². The van der Waals surface area contributed by atoms with Gasteiger partial charge < -0.3 is 39.2 Å². The van der Waals surface area contributed by atoms with E-state index in [9.17, 15) is 33.2 Å². The van der Waals surface area contributed by atoms with Gasteiger partial charge in [-0.3, -0.25) is 47.0 Å². The normalized spacial score (nSPS) is 19.5. The largest absolute Gasteiger partial charge is 0.352 e. The lowest BCUT2D eigenvalue weighted by atomic mass is 9.95. The molecule has 31 heteroatoms. The average molecular weight is 1700 g/mol. The van der Waals surface area contributed by atoms with Gasteiger partial charge in [-0.2, -0.15) is 30.2 Å². The van der Waals surface area contributed by atoms with Crippen molar-refractivity contribution in [1.29, 1.82) is 0 Å². The number of thioether (sulfide) groups is 3. The summed E-state index contributed by atoms with van der Waals surface area (Å²) in [6, 6.07) is 25.6. The third-order valence-corrected chi connectivity index (χ3v) is 29.8. The summed E-state index contributed by atoms with van der Waals surface area (Å²) in [5, 5.41) is 19.8. The number of nitrogens with zero attached hydrogens (tertiary/aromatic N) is 21. The first-order chi connectivity index (χ1) is 59.2. The van der Waals surface area contributed by atoms with Crippen LogP contribution in [0.25, 0.3) is 98.8 Å². The van der Waals surface area contributed by atoms with Crippen molar-refractivity contribution in [3.8, 4) is 33.4 Å². The van der Waals surface area contributed by atoms with Gasteiger partial charge in [-0.15, -0.1) is 35.3 Å². The summed E-state index contributed by atoms with van der Waals surface area (Å²) < 4.78 is 25.3. The Balaban J connectivity index is 0.000000121. The number of anilines is 3. The van der Waals surface area contributed by atoms with Gasteiger partial charge in [-0.25, -0.2) is 18.8 Å². The van der Waals surface area contributed by atoms with E-state index in [0.717, 1.165) is 181 Å². The van der Waals surface area contributed by atoms with Gasteiger partial charge in [-0.05, 0) is 119 Å². The molecule has 0 spiro atoms. The molecular weight excluding hydrogens is 1600 g/mol. The number of para-hydroxylation sites is 3. The van der Waals surface area contributed by atoms with Crippen molar-refractivity contribution in [3.63, 3.8) is 0 Å². The van der Waals surface area contributed by atoms with Gasteiger partial charge in [-0.1, -0.05) is 74.3 Å². The highest BCUT2D eigenvalue weighted by Gasteiger charge is 2.39. The molecule has 3 unspecified atom stereocenters. The number of benzene rings is 6. The maximum absolute atomic E-state index is 14.0. The third kappa shape index (κ3) is 14.3. The molecule has 15 heterocycles. The number of aryl methyl sites for hydroxylation is 6. The van der Waals surface area contributed by atoms with Crippen LogP contribution in [0.4, 0.5) is 21.8 Å². The summed E-state index contributed by atoms with van der Waals surface area (Å²) in [5.74, 6) is 4.29. The SMILES string of the molecule is C=CC(=O)N1CCN(c2nc(=O)n3c4c(c(-c5cccc6cnn(C)c56)c(C)cc24)SCC3CN2CC(F)C2)CC1.C=CC(=O)N1CCN(c2nc(=O)n3c4c(c(-c5cccc6cnn(C)c56)c(C)cc24)SCC3CN2CCC2)CC1.C=CC(=O)N1CCN(c2nc(=O)n3c4c(c(-c5cccc6cnn(C)c56)c(C)cc24)SCC3CN2CCCC2)CC1. The van der Waals surface area contributed by atoms with E-state index >= 15 is 0 Å². The molecule has 630 valence electrons. The second kappa shape index (κ2) is 33.0. The van der Waals surface area contributed by atoms with Gasteiger partial charge in [0.15, 0.2) is 0 Å². The van der Waals surface area contributed by atoms with Crippen molar-refractivity contribution < 1.29 is 18.8 Å². The van der Waals surface area contributed by atoms with Gasteiger partial charge in [0, 0.05) is 230 Å². The van der Waals surface area contributed by atoms with E-state index in [2.05, 4.69) is 163 Å². The van der Waals surface area contributed by atoms with E-state index in [1.807, 2.05) is 91.0 Å². The number of halogens is 1. The Morgan fingerprint density at radius 2 is 0.705 bits per heavy atom. The van der Waals surface area contributed by atoms with E-state index in [1.165, 1.54) is 48.6 Å². The molecule has 27 nitrogen and oxygen atoms in total. The maximum atomic E-state index is 14.0. The summed E-state index contributed by atoms with van der Waals surface area (Å²) in [6.07, 6.45) is 12.6. The zero-order chi connectivity index (χ0) is 84.2. The number of hydrogen-bond acceptors (Lipinski definition) is 21. The van der Waals surface area contributed by atoms with Crippen molar-refractivity contribution in [1.82, 2.24) is 87.4 Å². The number of carbonyl (C=O) groups excluding carboxylic acids is 3. The Hall–Kier alpha value is -11.0. The quantitative estimate of drug-likeness (QED) is 0.0867.